The number of para-hydroxylation sites is 1. The second-order valence-corrected chi connectivity index (χ2v) is 4.18. The molecule has 1 aliphatic rings. The second-order valence-electron chi connectivity index (χ2n) is 4.18. The Balaban J connectivity index is 2.64. The van der Waals surface area contributed by atoms with Gasteiger partial charge in [0.1, 0.15) is 0 Å². The highest BCUT2D eigenvalue weighted by molar-refractivity contribution is 6.20. The second kappa shape index (κ2) is 3.87. The van der Waals surface area contributed by atoms with Crippen molar-refractivity contribution in [3.63, 3.8) is 0 Å². The quantitative estimate of drug-likeness (QED) is 0.574. The molecule has 0 spiro atoms. The van der Waals surface area contributed by atoms with Gasteiger partial charge in [-0.05, 0) is 19.9 Å². The maximum absolute atomic E-state index is 12.3. The molecule has 4 nitrogen and oxygen atoms in total. The average Bonchev–Trinajstić information content (AvgIpc) is 2.59. The summed E-state index contributed by atoms with van der Waals surface area (Å²) in [5.41, 5.74) is 0.313. The lowest BCUT2D eigenvalue weighted by Crippen LogP contribution is -2.44. The van der Waals surface area contributed by atoms with Crippen LogP contribution < -0.4 is 4.90 Å². The standard InChI is InChI=1S/C13H15NO3/c1-4-14-10-8-6-5-7-9(10)13(2,11(14)15)12(16)17-3/h5-8H,4H2,1-3H3/t13-/m0/s1. The molecule has 90 valence electrons. The number of methoxy groups -OCH3 is 1. The minimum absolute atomic E-state index is 0.215. The lowest BCUT2D eigenvalue weighted by Gasteiger charge is -2.20. The van der Waals surface area contributed by atoms with Crippen LogP contribution in [0.2, 0.25) is 0 Å². The summed E-state index contributed by atoms with van der Waals surface area (Å²) in [6.45, 7) is 4.05. The molecule has 0 saturated heterocycles. The normalized spacial score (nSPS) is 22.5. The highest BCUT2D eigenvalue weighted by Crippen LogP contribution is 2.42. The van der Waals surface area contributed by atoms with E-state index in [-0.39, 0.29) is 5.91 Å². The molecule has 1 aromatic carbocycles. The van der Waals surface area contributed by atoms with Gasteiger partial charge >= 0.3 is 5.97 Å². The van der Waals surface area contributed by atoms with Gasteiger partial charge in [0.25, 0.3) is 0 Å². The topological polar surface area (TPSA) is 46.6 Å². The summed E-state index contributed by atoms with van der Waals surface area (Å²) >= 11 is 0. The fourth-order valence-corrected chi connectivity index (χ4v) is 2.34. The summed E-state index contributed by atoms with van der Waals surface area (Å²) in [6, 6.07) is 7.34. The van der Waals surface area contributed by atoms with Crippen LogP contribution >= 0.6 is 0 Å². The third-order valence-corrected chi connectivity index (χ3v) is 3.32. The Labute approximate surface area is 100 Å². The van der Waals surface area contributed by atoms with E-state index in [9.17, 15) is 9.59 Å². The number of rotatable bonds is 2. The van der Waals surface area contributed by atoms with Gasteiger partial charge in [-0.15, -0.1) is 0 Å². The van der Waals surface area contributed by atoms with Crippen molar-refractivity contribution < 1.29 is 14.3 Å². The highest BCUT2D eigenvalue weighted by atomic mass is 16.5. The van der Waals surface area contributed by atoms with E-state index in [1.54, 1.807) is 17.9 Å². The van der Waals surface area contributed by atoms with Crippen LogP contribution in [0.3, 0.4) is 0 Å². The molecule has 0 radical (unpaired) electrons. The van der Waals surface area contributed by atoms with Gasteiger partial charge < -0.3 is 9.64 Å². The largest absolute Gasteiger partial charge is 0.468 e. The third-order valence-electron chi connectivity index (χ3n) is 3.32. The summed E-state index contributed by atoms with van der Waals surface area (Å²) in [4.78, 5) is 25.9. The fourth-order valence-electron chi connectivity index (χ4n) is 2.34. The predicted molar refractivity (Wildman–Crippen MR) is 63.8 cm³/mol. The minimum Gasteiger partial charge on any atom is -0.468 e. The molecule has 2 rings (SSSR count). The summed E-state index contributed by atoms with van der Waals surface area (Å²) in [6.07, 6.45) is 0. The molecule has 0 N–H and O–H groups in total. The first-order valence-electron chi connectivity index (χ1n) is 5.57. The molecule has 0 unspecified atom stereocenters. The summed E-state index contributed by atoms with van der Waals surface area (Å²) < 4.78 is 4.77. The Morgan fingerprint density at radius 1 is 1.41 bits per heavy atom. The molecule has 0 aromatic heterocycles. The van der Waals surface area contributed by atoms with Gasteiger partial charge in [-0.1, -0.05) is 18.2 Å². The van der Waals surface area contributed by atoms with Gasteiger partial charge in [-0.25, -0.2) is 0 Å². The van der Waals surface area contributed by atoms with Gasteiger partial charge in [-0.3, -0.25) is 9.59 Å². The number of hydrogen-bond acceptors (Lipinski definition) is 3. The van der Waals surface area contributed by atoms with E-state index < -0.39 is 11.4 Å². The first kappa shape index (κ1) is 11.6. The average molecular weight is 233 g/mol. The zero-order valence-electron chi connectivity index (χ0n) is 10.2. The first-order chi connectivity index (χ1) is 8.07. The van der Waals surface area contributed by atoms with Crippen LogP contribution in [0.5, 0.6) is 0 Å². The van der Waals surface area contributed by atoms with Gasteiger partial charge in [0, 0.05) is 17.8 Å². The van der Waals surface area contributed by atoms with Crippen LogP contribution in [-0.4, -0.2) is 25.5 Å². The van der Waals surface area contributed by atoms with E-state index in [0.717, 1.165) is 11.3 Å². The van der Waals surface area contributed by atoms with E-state index >= 15 is 0 Å². The fraction of sp³-hybridized carbons (Fsp3) is 0.385. The summed E-state index contributed by atoms with van der Waals surface area (Å²) in [5, 5.41) is 0. The van der Waals surface area contributed by atoms with Crippen molar-refractivity contribution in [3.8, 4) is 0 Å². The number of carbonyl (C=O) groups excluding carboxylic acids is 2. The SMILES string of the molecule is CCN1C(=O)[C@@](C)(C(=O)OC)c2ccccc21. The number of anilines is 1. The number of nitrogens with zero attached hydrogens (tertiary/aromatic N) is 1. The molecule has 1 aromatic rings. The maximum atomic E-state index is 12.3. The number of fused-ring (bicyclic) bond motifs is 1. The minimum atomic E-state index is -1.21. The van der Waals surface area contributed by atoms with Crippen molar-refractivity contribution in [2.45, 2.75) is 19.3 Å². The van der Waals surface area contributed by atoms with Crippen LogP contribution in [0, 0.1) is 0 Å². The van der Waals surface area contributed by atoms with E-state index in [2.05, 4.69) is 0 Å². The van der Waals surface area contributed by atoms with E-state index in [4.69, 9.17) is 4.74 Å². The van der Waals surface area contributed by atoms with Crippen molar-refractivity contribution in [2.24, 2.45) is 0 Å². The van der Waals surface area contributed by atoms with Gasteiger partial charge in [-0.2, -0.15) is 0 Å². The number of likely N-dealkylation sites (N-methyl/N-ethyl adjacent to an activating group) is 1. The number of amides is 1. The molecule has 4 heteroatoms. The highest BCUT2D eigenvalue weighted by Gasteiger charge is 2.53. The third kappa shape index (κ3) is 1.37. The molecule has 0 fully saturated rings. The molecule has 1 atom stereocenters. The zero-order valence-corrected chi connectivity index (χ0v) is 10.2. The van der Waals surface area contributed by atoms with Crippen molar-refractivity contribution in [2.75, 3.05) is 18.6 Å². The molecule has 0 aliphatic carbocycles. The maximum Gasteiger partial charge on any atom is 0.325 e. The van der Waals surface area contributed by atoms with Gasteiger partial charge in [0.05, 0.1) is 7.11 Å². The number of benzene rings is 1. The number of carbonyl (C=O) groups is 2. The Hall–Kier alpha value is -1.84. The van der Waals surface area contributed by atoms with Crippen LogP contribution in [0.15, 0.2) is 24.3 Å². The van der Waals surface area contributed by atoms with Gasteiger partial charge in [0.15, 0.2) is 5.41 Å². The van der Waals surface area contributed by atoms with Crippen molar-refractivity contribution >= 4 is 17.6 Å². The van der Waals surface area contributed by atoms with Crippen LogP contribution in [-0.2, 0) is 19.7 Å². The number of hydrogen-bond donors (Lipinski definition) is 0. The van der Waals surface area contributed by atoms with E-state index in [0.29, 0.717) is 6.54 Å². The molecule has 1 heterocycles. The first-order valence-corrected chi connectivity index (χ1v) is 5.57. The van der Waals surface area contributed by atoms with E-state index in [1.807, 2.05) is 25.1 Å². The van der Waals surface area contributed by atoms with Crippen LogP contribution in [0.1, 0.15) is 19.4 Å². The Morgan fingerprint density at radius 2 is 2.06 bits per heavy atom. The van der Waals surface area contributed by atoms with Crippen LogP contribution in [0.25, 0.3) is 0 Å². The number of esters is 1. The summed E-state index contributed by atoms with van der Waals surface area (Å²) in [5.74, 6) is -0.723. The molecule has 1 amide bonds. The Morgan fingerprint density at radius 3 is 2.65 bits per heavy atom. The zero-order chi connectivity index (χ0) is 12.6. The monoisotopic (exact) mass is 233 g/mol. The molecular weight excluding hydrogens is 218 g/mol. The summed E-state index contributed by atoms with van der Waals surface area (Å²) in [7, 11) is 1.30. The van der Waals surface area contributed by atoms with Crippen LogP contribution in [0.4, 0.5) is 5.69 Å². The molecular formula is C13H15NO3. The molecule has 17 heavy (non-hydrogen) atoms. The number of ether oxygens (including phenoxy) is 1. The van der Waals surface area contributed by atoms with Gasteiger partial charge in [0.2, 0.25) is 5.91 Å². The lowest BCUT2D eigenvalue weighted by atomic mass is 9.84. The Bertz CT molecular complexity index is 483. The predicted octanol–water partition coefficient (Wildman–Crippen LogP) is 1.48. The molecule has 0 saturated carbocycles. The van der Waals surface area contributed by atoms with Crippen molar-refractivity contribution in [1.82, 2.24) is 0 Å². The van der Waals surface area contributed by atoms with Crippen molar-refractivity contribution in [3.05, 3.63) is 29.8 Å². The van der Waals surface area contributed by atoms with Crippen molar-refractivity contribution in [1.29, 1.82) is 0 Å². The molecule has 1 aliphatic heterocycles. The van der Waals surface area contributed by atoms with E-state index in [1.165, 1.54) is 7.11 Å². The smallest absolute Gasteiger partial charge is 0.325 e. The Kier molecular flexibility index (Phi) is 2.65. The lowest BCUT2D eigenvalue weighted by molar-refractivity contribution is -0.150. The molecule has 0 bridgehead atoms.